The minimum atomic E-state index is -0.0424. The zero-order valence-electron chi connectivity index (χ0n) is 19.8. The van der Waals surface area contributed by atoms with Crippen LogP contribution in [0, 0.1) is 5.92 Å². The van der Waals surface area contributed by atoms with E-state index in [0.717, 1.165) is 47.8 Å². The van der Waals surface area contributed by atoms with Crippen molar-refractivity contribution in [3.05, 3.63) is 55.0 Å². The third-order valence-electron chi connectivity index (χ3n) is 6.94. The van der Waals surface area contributed by atoms with Gasteiger partial charge in [0.2, 0.25) is 5.91 Å². The maximum atomic E-state index is 12.9. The third-order valence-corrected chi connectivity index (χ3v) is 6.94. The highest BCUT2D eigenvalue weighted by Crippen LogP contribution is 2.35. The summed E-state index contributed by atoms with van der Waals surface area (Å²) in [5, 5.41) is 11.0. The number of H-pyrrole nitrogens is 1. The molecule has 0 saturated heterocycles. The molecule has 1 saturated carbocycles. The van der Waals surface area contributed by atoms with Crippen molar-refractivity contribution in [2.24, 2.45) is 5.92 Å². The molecule has 0 aliphatic heterocycles. The van der Waals surface area contributed by atoms with Crippen LogP contribution in [0.1, 0.15) is 31.7 Å². The predicted molar refractivity (Wildman–Crippen MR) is 137 cm³/mol. The van der Waals surface area contributed by atoms with E-state index in [1.165, 1.54) is 0 Å². The number of hydrogen-bond donors (Lipinski definition) is 3. The van der Waals surface area contributed by atoms with Gasteiger partial charge in [-0.1, -0.05) is 6.07 Å². The van der Waals surface area contributed by atoms with Gasteiger partial charge in [0.25, 0.3) is 0 Å². The molecule has 0 bridgehead atoms. The van der Waals surface area contributed by atoms with Crippen molar-refractivity contribution in [2.45, 2.75) is 31.7 Å². The lowest BCUT2D eigenvalue weighted by atomic mass is 9.85. The average molecular weight is 483 g/mol. The maximum absolute atomic E-state index is 12.9. The van der Waals surface area contributed by atoms with E-state index in [0.29, 0.717) is 28.6 Å². The summed E-state index contributed by atoms with van der Waals surface area (Å²) in [6, 6.07) is 13.5. The minimum Gasteiger partial charge on any atom is -0.497 e. The van der Waals surface area contributed by atoms with Gasteiger partial charge in [-0.3, -0.25) is 9.89 Å². The second kappa shape index (κ2) is 8.95. The van der Waals surface area contributed by atoms with Crippen LogP contribution < -0.4 is 15.8 Å². The highest BCUT2D eigenvalue weighted by atomic mass is 16.5. The van der Waals surface area contributed by atoms with Crippen molar-refractivity contribution < 1.29 is 9.53 Å². The number of nitrogen functional groups attached to an aromatic ring is 1. The zero-order valence-corrected chi connectivity index (χ0v) is 19.8. The molecular formula is C26H26N8O2. The summed E-state index contributed by atoms with van der Waals surface area (Å²) in [5.41, 5.74) is 10.2. The van der Waals surface area contributed by atoms with Crippen LogP contribution in [-0.4, -0.2) is 42.7 Å². The Kier molecular flexibility index (Phi) is 5.48. The summed E-state index contributed by atoms with van der Waals surface area (Å²) in [4.78, 5) is 26.7. The Hall–Kier alpha value is -4.47. The number of amides is 1. The molecule has 1 aliphatic carbocycles. The van der Waals surface area contributed by atoms with Gasteiger partial charge < -0.3 is 20.4 Å². The van der Waals surface area contributed by atoms with Gasteiger partial charge in [0.1, 0.15) is 11.3 Å². The fourth-order valence-corrected chi connectivity index (χ4v) is 4.98. The average Bonchev–Trinajstić information content (AvgIpc) is 3.56. The van der Waals surface area contributed by atoms with Gasteiger partial charge in [0.05, 0.1) is 25.2 Å². The first kappa shape index (κ1) is 22.0. The number of nitrogens with two attached hydrogens (primary N) is 1. The highest BCUT2D eigenvalue weighted by Gasteiger charge is 2.29. The van der Waals surface area contributed by atoms with Gasteiger partial charge in [0.15, 0.2) is 17.3 Å². The number of fused-ring (bicyclic) bond motifs is 2. The van der Waals surface area contributed by atoms with E-state index in [1.807, 2.05) is 42.5 Å². The molecule has 10 nitrogen and oxygen atoms in total. The lowest BCUT2D eigenvalue weighted by Gasteiger charge is -2.28. The summed E-state index contributed by atoms with van der Waals surface area (Å²) in [6.07, 6.45) is 6.83. The number of carbonyl (C=O) groups is 1. The van der Waals surface area contributed by atoms with Crippen LogP contribution in [0.5, 0.6) is 5.75 Å². The fourth-order valence-electron chi connectivity index (χ4n) is 4.98. The van der Waals surface area contributed by atoms with Crippen LogP contribution in [0.15, 0.2) is 55.0 Å². The van der Waals surface area contributed by atoms with E-state index in [4.69, 9.17) is 15.5 Å². The molecule has 1 aliphatic rings. The van der Waals surface area contributed by atoms with E-state index >= 15 is 0 Å². The summed E-state index contributed by atoms with van der Waals surface area (Å²) in [7, 11) is 1.61. The normalized spacial score (nSPS) is 17.9. The van der Waals surface area contributed by atoms with Gasteiger partial charge in [-0.05, 0) is 56.0 Å². The SMILES string of the molecule is COc1cccc(NC(=O)[C@H]2CC[C@@H](n3cnc4c(N)nc(-c5ccc6[nH]ncc6c5)nc43)CC2)c1. The van der Waals surface area contributed by atoms with Crippen molar-refractivity contribution in [3.8, 4) is 17.1 Å². The van der Waals surface area contributed by atoms with Gasteiger partial charge in [-0.15, -0.1) is 0 Å². The number of carbonyl (C=O) groups excluding carboxylic acids is 1. The first-order valence-corrected chi connectivity index (χ1v) is 12.0. The topological polar surface area (TPSA) is 137 Å². The molecule has 6 rings (SSSR count). The van der Waals surface area contributed by atoms with Crippen LogP contribution in [0.3, 0.4) is 0 Å². The van der Waals surface area contributed by atoms with Gasteiger partial charge in [-0.2, -0.15) is 5.10 Å². The molecule has 0 spiro atoms. The largest absolute Gasteiger partial charge is 0.497 e. The van der Waals surface area contributed by atoms with E-state index in [1.54, 1.807) is 19.6 Å². The Bertz CT molecular complexity index is 1570. The Balaban J connectivity index is 1.20. The molecule has 36 heavy (non-hydrogen) atoms. The molecule has 0 unspecified atom stereocenters. The predicted octanol–water partition coefficient (Wildman–Crippen LogP) is 4.33. The minimum absolute atomic E-state index is 0.0423. The lowest BCUT2D eigenvalue weighted by molar-refractivity contribution is -0.120. The van der Waals surface area contributed by atoms with E-state index < -0.39 is 0 Å². The smallest absolute Gasteiger partial charge is 0.227 e. The van der Waals surface area contributed by atoms with Crippen molar-refractivity contribution in [1.82, 2.24) is 29.7 Å². The quantitative estimate of drug-likeness (QED) is 0.339. The number of benzene rings is 2. The molecule has 5 aromatic rings. The first-order valence-electron chi connectivity index (χ1n) is 12.0. The van der Waals surface area contributed by atoms with Crippen molar-refractivity contribution >= 4 is 39.5 Å². The molecule has 3 heterocycles. The Morgan fingerprint density at radius 2 is 2.00 bits per heavy atom. The van der Waals surface area contributed by atoms with Crippen LogP contribution in [0.2, 0.25) is 0 Å². The van der Waals surface area contributed by atoms with E-state index in [9.17, 15) is 4.79 Å². The lowest BCUT2D eigenvalue weighted by Crippen LogP contribution is -2.28. The van der Waals surface area contributed by atoms with Gasteiger partial charge >= 0.3 is 0 Å². The summed E-state index contributed by atoms with van der Waals surface area (Å²) in [6.45, 7) is 0. The van der Waals surface area contributed by atoms with Crippen LogP contribution in [-0.2, 0) is 4.79 Å². The van der Waals surface area contributed by atoms with Crippen molar-refractivity contribution in [1.29, 1.82) is 0 Å². The molecular weight excluding hydrogens is 456 g/mol. The van der Waals surface area contributed by atoms with Crippen LogP contribution in [0.25, 0.3) is 33.5 Å². The monoisotopic (exact) mass is 482 g/mol. The highest BCUT2D eigenvalue weighted by molar-refractivity contribution is 5.93. The van der Waals surface area contributed by atoms with Crippen LogP contribution >= 0.6 is 0 Å². The van der Waals surface area contributed by atoms with Gasteiger partial charge in [-0.25, -0.2) is 15.0 Å². The zero-order chi connectivity index (χ0) is 24.6. The van der Waals surface area contributed by atoms with Gasteiger partial charge in [0, 0.05) is 34.7 Å². The standard InChI is InChI=1S/C26H26N8O2/c1-36-20-4-2-3-18(12-20)30-26(35)15-5-8-19(9-6-15)34-14-28-22-23(27)31-24(32-25(22)34)16-7-10-21-17(11-16)13-29-33-21/h2-4,7,10-15,19H,5-6,8-9H2,1H3,(H,29,33)(H,30,35)(H2,27,31,32)/t15-,19+. The van der Waals surface area contributed by atoms with Crippen molar-refractivity contribution in [2.75, 3.05) is 18.2 Å². The maximum Gasteiger partial charge on any atom is 0.227 e. The number of imidazole rings is 1. The third kappa shape index (κ3) is 4.00. The second-order valence-electron chi connectivity index (χ2n) is 9.16. The van der Waals surface area contributed by atoms with Crippen molar-refractivity contribution in [3.63, 3.8) is 0 Å². The molecule has 182 valence electrons. The van der Waals surface area contributed by atoms with E-state index in [-0.39, 0.29) is 17.9 Å². The van der Waals surface area contributed by atoms with E-state index in [2.05, 4.69) is 30.0 Å². The molecule has 4 N–H and O–H groups in total. The number of hydrogen-bond acceptors (Lipinski definition) is 7. The first-order chi connectivity index (χ1) is 17.6. The van der Waals surface area contributed by atoms with Crippen LogP contribution in [0.4, 0.5) is 11.5 Å². The molecule has 10 heteroatoms. The Labute approximate surface area is 206 Å². The summed E-state index contributed by atoms with van der Waals surface area (Å²) >= 11 is 0. The number of anilines is 2. The number of aromatic amines is 1. The Morgan fingerprint density at radius 3 is 2.83 bits per heavy atom. The summed E-state index contributed by atoms with van der Waals surface area (Å²) in [5.74, 6) is 1.62. The number of nitrogens with one attached hydrogen (secondary N) is 2. The number of ether oxygens (including phenoxy) is 1. The number of methoxy groups -OCH3 is 1. The molecule has 1 amide bonds. The fraction of sp³-hybridized carbons (Fsp3) is 0.269. The molecule has 0 atom stereocenters. The number of rotatable bonds is 5. The Morgan fingerprint density at radius 1 is 1.14 bits per heavy atom. The molecule has 3 aromatic heterocycles. The molecule has 2 aromatic carbocycles. The number of nitrogens with zero attached hydrogens (tertiary/aromatic N) is 5. The second-order valence-corrected chi connectivity index (χ2v) is 9.16. The molecule has 0 radical (unpaired) electrons. The number of aromatic nitrogens is 6. The molecule has 1 fully saturated rings. The summed E-state index contributed by atoms with van der Waals surface area (Å²) < 4.78 is 7.34.